The highest BCUT2D eigenvalue weighted by atomic mass is 19.1. The lowest BCUT2D eigenvalue weighted by atomic mass is 10.1. The summed E-state index contributed by atoms with van der Waals surface area (Å²) in [6.45, 7) is 5.21. The van der Waals surface area contributed by atoms with Crippen LogP contribution in [0, 0.1) is 11.6 Å². The molecule has 88 valence electrons. The van der Waals surface area contributed by atoms with Gasteiger partial charge in [0.15, 0.2) is 5.78 Å². The SMILES string of the molecule is CC(C)(C)OCC(=O)c1cc(F)cc(F)c1. The third-order valence-corrected chi connectivity index (χ3v) is 1.82. The Kier molecular flexibility index (Phi) is 3.75. The number of Topliss-reactive ketones (excluding diaryl/α,β-unsaturated/α-hetero) is 1. The Morgan fingerprint density at radius 2 is 1.69 bits per heavy atom. The van der Waals surface area contributed by atoms with Gasteiger partial charge in [0.25, 0.3) is 0 Å². The van der Waals surface area contributed by atoms with E-state index in [1.807, 2.05) is 0 Å². The molecule has 0 aliphatic rings. The summed E-state index contributed by atoms with van der Waals surface area (Å²) in [6, 6.07) is 2.72. The van der Waals surface area contributed by atoms with Crippen LogP contribution in [-0.2, 0) is 4.74 Å². The number of halogens is 2. The molecule has 1 rings (SSSR count). The summed E-state index contributed by atoms with van der Waals surface area (Å²) in [6.07, 6.45) is 0. The van der Waals surface area contributed by atoms with Crippen LogP contribution in [-0.4, -0.2) is 18.0 Å². The largest absolute Gasteiger partial charge is 0.368 e. The van der Waals surface area contributed by atoms with E-state index in [0.29, 0.717) is 0 Å². The first-order chi connectivity index (χ1) is 7.28. The van der Waals surface area contributed by atoms with Gasteiger partial charge in [-0.1, -0.05) is 0 Å². The summed E-state index contributed by atoms with van der Waals surface area (Å²) < 4.78 is 30.9. The molecular weight excluding hydrogens is 214 g/mol. The normalized spacial score (nSPS) is 11.6. The molecule has 0 amide bonds. The Balaban J connectivity index is 2.73. The Bertz CT molecular complexity index is 374. The lowest BCUT2D eigenvalue weighted by Crippen LogP contribution is -2.23. The molecule has 4 heteroatoms. The van der Waals surface area contributed by atoms with Crippen LogP contribution in [0.15, 0.2) is 18.2 Å². The number of rotatable bonds is 3. The van der Waals surface area contributed by atoms with Crippen molar-refractivity contribution in [2.24, 2.45) is 0 Å². The van der Waals surface area contributed by atoms with Gasteiger partial charge in [0.1, 0.15) is 18.2 Å². The number of benzene rings is 1. The van der Waals surface area contributed by atoms with Crippen molar-refractivity contribution in [3.8, 4) is 0 Å². The minimum absolute atomic E-state index is 0.0123. The van der Waals surface area contributed by atoms with Gasteiger partial charge in [-0.3, -0.25) is 4.79 Å². The predicted octanol–water partition coefficient (Wildman–Crippen LogP) is 2.96. The molecule has 0 aromatic heterocycles. The first-order valence-electron chi connectivity index (χ1n) is 4.91. The molecule has 1 aromatic rings. The van der Waals surface area contributed by atoms with Gasteiger partial charge in [-0.2, -0.15) is 0 Å². The average molecular weight is 228 g/mol. The van der Waals surface area contributed by atoms with Crippen molar-refractivity contribution in [3.63, 3.8) is 0 Å². The van der Waals surface area contributed by atoms with E-state index < -0.39 is 23.0 Å². The smallest absolute Gasteiger partial charge is 0.188 e. The quantitative estimate of drug-likeness (QED) is 0.743. The van der Waals surface area contributed by atoms with E-state index in [-0.39, 0.29) is 12.2 Å². The van der Waals surface area contributed by atoms with Crippen LogP contribution in [0.5, 0.6) is 0 Å². The summed E-state index contributed by atoms with van der Waals surface area (Å²) in [5, 5.41) is 0. The van der Waals surface area contributed by atoms with Gasteiger partial charge in [-0.25, -0.2) is 8.78 Å². The summed E-state index contributed by atoms with van der Waals surface area (Å²) in [5.74, 6) is -1.97. The van der Waals surface area contributed by atoms with E-state index in [0.717, 1.165) is 18.2 Å². The van der Waals surface area contributed by atoms with Crippen molar-refractivity contribution in [2.45, 2.75) is 26.4 Å². The van der Waals surface area contributed by atoms with E-state index in [1.165, 1.54) is 0 Å². The first kappa shape index (κ1) is 12.8. The van der Waals surface area contributed by atoms with Crippen LogP contribution in [0.1, 0.15) is 31.1 Å². The fraction of sp³-hybridized carbons (Fsp3) is 0.417. The number of ether oxygens (including phenoxy) is 1. The minimum Gasteiger partial charge on any atom is -0.368 e. The molecule has 1 aromatic carbocycles. The molecule has 2 nitrogen and oxygen atoms in total. The average Bonchev–Trinajstić information content (AvgIpc) is 2.11. The molecule has 0 bridgehead atoms. The fourth-order valence-electron chi connectivity index (χ4n) is 1.08. The third-order valence-electron chi connectivity index (χ3n) is 1.82. The number of carbonyl (C=O) groups excluding carboxylic acids is 1. The van der Waals surface area contributed by atoms with Crippen molar-refractivity contribution in [2.75, 3.05) is 6.61 Å². The molecule has 0 radical (unpaired) electrons. The predicted molar refractivity (Wildman–Crippen MR) is 56.4 cm³/mol. The van der Waals surface area contributed by atoms with E-state index in [4.69, 9.17) is 4.74 Å². The van der Waals surface area contributed by atoms with Crippen molar-refractivity contribution < 1.29 is 18.3 Å². The highest BCUT2D eigenvalue weighted by Crippen LogP contribution is 2.11. The van der Waals surface area contributed by atoms with Crippen LogP contribution in [0.4, 0.5) is 8.78 Å². The molecular formula is C12H14F2O2. The molecule has 0 heterocycles. The maximum absolute atomic E-state index is 12.8. The summed E-state index contributed by atoms with van der Waals surface area (Å²) in [7, 11) is 0. The van der Waals surface area contributed by atoms with E-state index >= 15 is 0 Å². The minimum atomic E-state index is -0.765. The zero-order valence-corrected chi connectivity index (χ0v) is 9.51. The van der Waals surface area contributed by atoms with Crippen molar-refractivity contribution in [3.05, 3.63) is 35.4 Å². The number of hydrogen-bond acceptors (Lipinski definition) is 2. The summed E-state index contributed by atoms with van der Waals surface area (Å²) in [5.41, 5.74) is -0.469. The molecule has 0 atom stereocenters. The fourth-order valence-corrected chi connectivity index (χ4v) is 1.08. The lowest BCUT2D eigenvalue weighted by Gasteiger charge is -2.18. The first-order valence-corrected chi connectivity index (χ1v) is 4.91. The highest BCUT2D eigenvalue weighted by Gasteiger charge is 2.15. The van der Waals surface area contributed by atoms with E-state index in [2.05, 4.69) is 0 Å². The molecule has 0 N–H and O–H groups in total. The molecule has 0 spiro atoms. The van der Waals surface area contributed by atoms with Crippen molar-refractivity contribution >= 4 is 5.78 Å². The number of carbonyl (C=O) groups is 1. The Labute approximate surface area is 93.2 Å². The number of hydrogen-bond donors (Lipinski definition) is 0. The van der Waals surface area contributed by atoms with Crippen LogP contribution < -0.4 is 0 Å². The van der Waals surface area contributed by atoms with Gasteiger partial charge >= 0.3 is 0 Å². The van der Waals surface area contributed by atoms with Gasteiger partial charge in [-0.05, 0) is 32.9 Å². The maximum atomic E-state index is 12.8. The molecule has 16 heavy (non-hydrogen) atoms. The Hall–Kier alpha value is -1.29. The van der Waals surface area contributed by atoms with Gasteiger partial charge in [0.2, 0.25) is 0 Å². The van der Waals surface area contributed by atoms with Gasteiger partial charge in [0.05, 0.1) is 5.60 Å². The Morgan fingerprint density at radius 3 is 2.12 bits per heavy atom. The van der Waals surface area contributed by atoms with Crippen LogP contribution in [0.25, 0.3) is 0 Å². The Morgan fingerprint density at radius 1 is 1.19 bits per heavy atom. The second kappa shape index (κ2) is 4.70. The molecule has 0 unspecified atom stereocenters. The molecule has 0 fully saturated rings. The van der Waals surface area contributed by atoms with Crippen molar-refractivity contribution in [1.82, 2.24) is 0 Å². The van der Waals surface area contributed by atoms with Crippen LogP contribution in [0.2, 0.25) is 0 Å². The zero-order valence-electron chi connectivity index (χ0n) is 9.51. The lowest BCUT2D eigenvalue weighted by molar-refractivity contribution is 0.00304. The summed E-state index contributed by atoms with van der Waals surface area (Å²) in [4.78, 5) is 11.5. The highest BCUT2D eigenvalue weighted by molar-refractivity contribution is 5.97. The van der Waals surface area contributed by atoms with Gasteiger partial charge < -0.3 is 4.74 Å². The van der Waals surface area contributed by atoms with Gasteiger partial charge in [-0.15, -0.1) is 0 Å². The van der Waals surface area contributed by atoms with Gasteiger partial charge in [0, 0.05) is 11.6 Å². The standard InChI is InChI=1S/C12H14F2O2/c1-12(2,3)16-7-11(15)8-4-9(13)6-10(14)5-8/h4-6H,7H2,1-3H3. The molecule has 0 saturated heterocycles. The third kappa shape index (κ3) is 4.06. The maximum Gasteiger partial charge on any atom is 0.188 e. The second-order valence-corrected chi connectivity index (χ2v) is 4.48. The number of ketones is 1. The van der Waals surface area contributed by atoms with E-state index in [9.17, 15) is 13.6 Å². The van der Waals surface area contributed by atoms with Crippen LogP contribution in [0.3, 0.4) is 0 Å². The van der Waals surface area contributed by atoms with E-state index in [1.54, 1.807) is 20.8 Å². The molecule has 0 aliphatic heterocycles. The monoisotopic (exact) mass is 228 g/mol. The summed E-state index contributed by atoms with van der Waals surface area (Å²) >= 11 is 0. The molecule has 0 aliphatic carbocycles. The second-order valence-electron chi connectivity index (χ2n) is 4.48. The zero-order chi connectivity index (χ0) is 12.3. The molecule has 0 saturated carbocycles. The van der Waals surface area contributed by atoms with Crippen molar-refractivity contribution in [1.29, 1.82) is 0 Å². The topological polar surface area (TPSA) is 26.3 Å². The van der Waals surface area contributed by atoms with Crippen LogP contribution >= 0.6 is 0 Å².